The van der Waals surface area contributed by atoms with Gasteiger partial charge in [-0.1, -0.05) is 27.4 Å². The smallest absolute Gasteiger partial charge is 0.303 e. The third kappa shape index (κ3) is 5.09. The highest BCUT2D eigenvalue weighted by atomic mass is 16.6. The second-order valence-electron chi connectivity index (χ2n) is 11.4. The van der Waals surface area contributed by atoms with Crippen molar-refractivity contribution in [3.05, 3.63) is 23.3 Å². The molecule has 2 saturated carbocycles. The summed E-state index contributed by atoms with van der Waals surface area (Å²) >= 11 is 0. The molecule has 7 atom stereocenters. The first-order chi connectivity index (χ1) is 16.6. The van der Waals surface area contributed by atoms with Crippen LogP contribution >= 0.6 is 0 Å². The van der Waals surface area contributed by atoms with Crippen LogP contribution in [-0.4, -0.2) is 48.3 Å². The van der Waals surface area contributed by atoms with E-state index in [4.69, 9.17) is 18.9 Å². The zero-order valence-electron chi connectivity index (χ0n) is 22.8. The molecule has 2 fully saturated rings. The van der Waals surface area contributed by atoms with Crippen LogP contribution in [0, 0.1) is 22.7 Å². The summed E-state index contributed by atoms with van der Waals surface area (Å²) in [6.45, 7) is 17.9. The van der Waals surface area contributed by atoms with E-state index in [-0.39, 0.29) is 17.8 Å². The summed E-state index contributed by atoms with van der Waals surface area (Å²) in [5, 5.41) is 0. The minimum absolute atomic E-state index is 0.0361. The Hall–Kier alpha value is -2.64. The van der Waals surface area contributed by atoms with Gasteiger partial charge in [0, 0.05) is 33.1 Å². The van der Waals surface area contributed by atoms with Gasteiger partial charge in [-0.05, 0) is 66.6 Å². The fourth-order valence-corrected chi connectivity index (χ4v) is 6.95. The van der Waals surface area contributed by atoms with Gasteiger partial charge in [-0.3, -0.25) is 19.2 Å². The van der Waals surface area contributed by atoms with Gasteiger partial charge in [-0.15, -0.1) is 0 Å². The van der Waals surface area contributed by atoms with Crippen LogP contribution in [0.2, 0.25) is 0 Å². The lowest BCUT2D eigenvalue weighted by Crippen LogP contribution is -2.59. The monoisotopic (exact) mass is 504 g/mol. The van der Waals surface area contributed by atoms with E-state index in [0.717, 1.165) is 16.7 Å². The number of fused-ring (bicyclic) bond motifs is 3. The Labute approximate surface area is 213 Å². The van der Waals surface area contributed by atoms with E-state index < -0.39 is 53.2 Å². The zero-order valence-corrected chi connectivity index (χ0v) is 22.8. The molecule has 0 heterocycles. The quantitative estimate of drug-likeness (QED) is 0.314. The fraction of sp³-hybridized carbons (Fsp3) is 0.714. The third-order valence-corrected chi connectivity index (χ3v) is 8.66. The molecule has 2 bridgehead atoms. The predicted molar refractivity (Wildman–Crippen MR) is 131 cm³/mol. The molecule has 3 rings (SSSR count). The van der Waals surface area contributed by atoms with Crippen molar-refractivity contribution in [2.24, 2.45) is 22.7 Å². The van der Waals surface area contributed by atoms with Crippen LogP contribution in [0.15, 0.2) is 23.3 Å². The number of hydrogen-bond acceptors (Lipinski definition) is 8. The summed E-state index contributed by atoms with van der Waals surface area (Å²) in [4.78, 5) is 48.7. The standard InChI is InChI=1S/C28H40O8/c1-14-21-12-20-13-23(34-17(4)30)15(2)24(27(20,7)8)25(35-18(5)31)26(36-19(6)32)28(21,9)11-10-22(14)33-16(3)29/h20-23,25-26H,1,10-13H2,2-9H3/t20-,21+,22+,23+,25+,26-,28-/m1/s1. The van der Waals surface area contributed by atoms with Crippen LogP contribution in [-0.2, 0) is 38.1 Å². The predicted octanol–water partition coefficient (Wildman–Crippen LogP) is 4.45. The Morgan fingerprint density at radius 2 is 1.33 bits per heavy atom. The molecule has 8 nitrogen and oxygen atoms in total. The lowest BCUT2D eigenvalue weighted by atomic mass is 9.50. The molecule has 0 aliphatic heterocycles. The van der Waals surface area contributed by atoms with E-state index in [1.807, 2.05) is 13.8 Å². The molecule has 0 unspecified atom stereocenters. The van der Waals surface area contributed by atoms with Gasteiger partial charge < -0.3 is 18.9 Å². The largest absolute Gasteiger partial charge is 0.458 e. The molecule has 0 aromatic heterocycles. The molecule has 0 aromatic rings. The fourth-order valence-electron chi connectivity index (χ4n) is 6.95. The van der Waals surface area contributed by atoms with E-state index >= 15 is 0 Å². The van der Waals surface area contributed by atoms with Gasteiger partial charge in [0.05, 0.1) is 0 Å². The van der Waals surface area contributed by atoms with Crippen LogP contribution in [0.4, 0.5) is 0 Å². The zero-order chi connectivity index (χ0) is 27.2. The summed E-state index contributed by atoms with van der Waals surface area (Å²) < 4.78 is 23.4. The van der Waals surface area contributed by atoms with E-state index in [2.05, 4.69) is 20.4 Å². The maximum atomic E-state index is 12.4. The highest BCUT2D eigenvalue weighted by Crippen LogP contribution is 2.60. The summed E-state index contributed by atoms with van der Waals surface area (Å²) in [6.07, 6.45) is -0.234. The molecule has 200 valence electrons. The van der Waals surface area contributed by atoms with Crippen molar-refractivity contribution in [2.45, 2.75) is 105 Å². The van der Waals surface area contributed by atoms with Crippen molar-refractivity contribution in [1.82, 2.24) is 0 Å². The number of carbonyl (C=O) groups is 4. The average Bonchev–Trinajstić information content (AvgIpc) is 2.72. The molecule has 0 saturated heterocycles. The maximum absolute atomic E-state index is 12.4. The van der Waals surface area contributed by atoms with Crippen molar-refractivity contribution in [1.29, 1.82) is 0 Å². The lowest BCUT2D eigenvalue weighted by Gasteiger charge is -2.58. The van der Waals surface area contributed by atoms with E-state index in [1.54, 1.807) is 0 Å². The lowest BCUT2D eigenvalue weighted by molar-refractivity contribution is -0.187. The SMILES string of the molecule is C=C1[C@@H](OC(C)=O)CC[C@@]2(C)[C@H](OC(C)=O)[C@@H](OC(C)=O)C3=C(C)[C@@H](OC(C)=O)C[C@@H](C[C@@H]12)C3(C)C. The summed E-state index contributed by atoms with van der Waals surface area (Å²) in [5.74, 6) is -1.90. The Kier molecular flexibility index (Phi) is 7.78. The second kappa shape index (κ2) is 10.0. The molecule has 36 heavy (non-hydrogen) atoms. The Bertz CT molecular complexity index is 992. The number of rotatable bonds is 4. The molecule has 0 N–H and O–H groups in total. The average molecular weight is 505 g/mol. The number of hydrogen-bond donors (Lipinski definition) is 0. The topological polar surface area (TPSA) is 105 Å². The first-order valence-electron chi connectivity index (χ1n) is 12.7. The van der Waals surface area contributed by atoms with Crippen LogP contribution in [0.5, 0.6) is 0 Å². The molecule has 3 aliphatic rings. The molecule has 0 radical (unpaired) electrons. The van der Waals surface area contributed by atoms with Crippen LogP contribution in [0.1, 0.15) is 81.1 Å². The van der Waals surface area contributed by atoms with Crippen LogP contribution in [0.25, 0.3) is 0 Å². The summed E-state index contributed by atoms with van der Waals surface area (Å²) in [6, 6.07) is 0. The number of esters is 4. The minimum Gasteiger partial charge on any atom is -0.458 e. The van der Waals surface area contributed by atoms with E-state index in [1.165, 1.54) is 27.7 Å². The molecule has 0 spiro atoms. The van der Waals surface area contributed by atoms with Crippen LogP contribution < -0.4 is 0 Å². The van der Waals surface area contributed by atoms with Crippen molar-refractivity contribution in [3.8, 4) is 0 Å². The van der Waals surface area contributed by atoms with Gasteiger partial charge in [0.2, 0.25) is 0 Å². The molecular weight excluding hydrogens is 464 g/mol. The molecular formula is C28H40O8. The van der Waals surface area contributed by atoms with Crippen LogP contribution in [0.3, 0.4) is 0 Å². The molecule has 3 aliphatic carbocycles. The maximum Gasteiger partial charge on any atom is 0.303 e. The van der Waals surface area contributed by atoms with Gasteiger partial charge in [0.15, 0.2) is 6.10 Å². The Balaban J connectivity index is 2.27. The first-order valence-corrected chi connectivity index (χ1v) is 12.7. The van der Waals surface area contributed by atoms with Gasteiger partial charge in [0.1, 0.15) is 18.3 Å². The van der Waals surface area contributed by atoms with E-state index in [0.29, 0.717) is 25.7 Å². The summed E-state index contributed by atoms with van der Waals surface area (Å²) in [7, 11) is 0. The molecule has 8 heteroatoms. The van der Waals surface area contributed by atoms with Crippen molar-refractivity contribution in [3.63, 3.8) is 0 Å². The first kappa shape index (κ1) is 27.9. The highest BCUT2D eigenvalue weighted by Gasteiger charge is 2.60. The second-order valence-corrected chi connectivity index (χ2v) is 11.4. The Morgan fingerprint density at radius 1 is 0.806 bits per heavy atom. The van der Waals surface area contributed by atoms with Gasteiger partial charge in [0.25, 0.3) is 0 Å². The Morgan fingerprint density at radius 3 is 1.86 bits per heavy atom. The number of ether oxygens (including phenoxy) is 4. The number of carbonyl (C=O) groups excluding carboxylic acids is 4. The van der Waals surface area contributed by atoms with Crippen molar-refractivity contribution in [2.75, 3.05) is 0 Å². The van der Waals surface area contributed by atoms with Gasteiger partial charge >= 0.3 is 23.9 Å². The van der Waals surface area contributed by atoms with E-state index in [9.17, 15) is 19.2 Å². The summed E-state index contributed by atoms with van der Waals surface area (Å²) in [5.41, 5.74) is 1.33. The molecule has 0 aromatic carbocycles. The third-order valence-electron chi connectivity index (χ3n) is 8.66. The van der Waals surface area contributed by atoms with Gasteiger partial charge in [-0.2, -0.15) is 0 Å². The molecule has 0 amide bonds. The minimum atomic E-state index is -0.867. The normalized spacial score (nSPS) is 35.5. The van der Waals surface area contributed by atoms with Gasteiger partial charge in [-0.25, -0.2) is 0 Å². The highest BCUT2D eigenvalue weighted by molar-refractivity contribution is 5.69. The van der Waals surface area contributed by atoms with Crippen molar-refractivity contribution >= 4 is 23.9 Å². The van der Waals surface area contributed by atoms with Crippen molar-refractivity contribution < 1.29 is 38.1 Å².